The normalized spacial score (nSPS) is 14.8. The van der Waals surface area contributed by atoms with Gasteiger partial charge in [0.1, 0.15) is 17.2 Å². The molecule has 31 heavy (non-hydrogen) atoms. The number of carbonyl (C=O) groups excluding carboxylic acids is 3. The van der Waals surface area contributed by atoms with Crippen LogP contribution in [0.5, 0.6) is 0 Å². The molecule has 0 radical (unpaired) electrons. The van der Waals surface area contributed by atoms with Crippen LogP contribution < -0.4 is 5.32 Å². The topological polar surface area (TPSA) is 88.9 Å². The van der Waals surface area contributed by atoms with E-state index in [1.807, 2.05) is 31.2 Å². The van der Waals surface area contributed by atoms with Crippen molar-refractivity contribution in [2.24, 2.45) is 0 Å². The molecule has 1 aliphatic heterocycles. The zero-order valence-electron chi connectivity index (χ0n) is 17.0. The number of esters is 1. The van der Waals surface area contributed by atoms with E-state index in [4.69, 9.17) is 9.15 Å². The van der Waals surface area contributed by atoms with Crippen molar-refractivity contribution in [2.45, 2.75) is 13.5 Å². The SMILES string of the molecule is COC(=O)c1ccccc1-c1ccc(/C=C2/NC(=O)N(Cc3cccc(C)c3)C2=O)o1. The predicted molar refractivity (Wildman–Crippen MR) is 114 cm³/mol. The molecule has 0 saturated carbocycles. The van der Waals surface area contributed by atoms with E-state index in [0.717, 1.165) is 16.0 Å². The second kappa shape index (κ2) is 8.31. The van der Waals surface area contributed by atoms with Gasteiger partial charge in [-0.05, 0) is 30.7 Å². The summed E-state index contributed by atoms with van der Waals surface area (Å²) in [6.07, 6.45) is 1.47. The third kappa shape index (κ3) is 4.11. The molecular weight excluding hydrogens is 396 g/mol. The van der Waals surface area contributed by atoms with Crippen LogP contribution in [0, 0.1) is 6.92 Å². The third-order valence-corrected chi connectivity index (χ3v) is 4.90. The quantitative estimate of drug-likeness (QED) is 0.384. The number of methoxy groups -OCH3 is 1. The van der Waals surface area contributed by atoms with Gasteiger partial charge in [0.2, 0.25) is 0 Å². The Morgan fingerprint density at radius 3 is 2.68 bits per heavy atom. The van der Waals surface area contributed by atoms with E-state index < -0.39 is 17.9 Å². The zero-order valence-corrected chi connectivity index (χ0v) is 17.0. The van der Waals surface area contributed by atoms with Crippen LogP contribution in [0.4, 0.5) is 4.79 Å². The number of ether oxygens (including phenoxy) is 1. The van der Waals surface area contributed by atoms with Crippen molar-refractivity contribution < 1.29 is 23.5 Å². The van der Waals surface area contributed by atoms with E-state index in [1.165, 1.54) is 13.2 Å². The predicted octanol–water partition coefficient (Wildman–Crippen LogP) is 4.13. The Labute approximate surface area is 178 Å². The number of nitrogens with zero attached hydrogens (tertiary/aromatic N) is 1. The Kier molecular flexibility index (Phi) is 5.41. The summed E-state index contributed by atoms with van der Waals surface area (Å²) in [5.41, 5.74) is 2.98. The molecule has 0 bridgehead atoms. The van der Waals surface area contributed by atoms with Gasteiger partial charge < -0.3 is 14.5 Å². The molecule has 156 valence electrons. The molecule has 1 aromatic heterocycles. The monoisotopic (exact) mass is 416 g/mol. The minimum Gasteiger partial charge on any atom is -0.465 e. The molecule has 0 spiro atoms. The van der Waals surface area contributed by atoms with Gasteiger partial charge >= 0.3 is 12.0 Å². The van der Waals surface area contributed by atoms with E-state index in [0.29, 0.717) is 22.6 Å². The Bertz CT molecular complexity index is 1210. The molecular formula is C24H20N2O5. The van der Waals surface area contributed by atoms with E-state index in [2.05, 4.69) is 5.32 Å². The molecule has 3 amide bonds. The highest BCUT2D eigenvalue weighted by Crippen LogP contribution is 2.28. The molecule has 7 heteroatoms. The van der Waals surface area contributed by atoms with Gasteiger partial charge in [0.25, 0.3) is 5.91 Å². The number of aryl methyl sites for hydroxylation is 1. The summed E-state index contributed by atoms with van der Waals surface area (Å²) in [6.45, 7) is 2.13. The second-order valence-electron chi connectivity index (χ2n) is 7.11. The molecule has 0 aliphatic carbocycles. The maximum Gasteiger partial charge on any atom is 0.338 e. The first-order valence-corrected chi connectivity index (χ1v) is 9.64. The van der Waals surface area contributed by atoms with Crippen molar-refractivity contribution in [1.29, 1.82) is 0 Å². The average Bonchev–Trinajstić information content (AvgIpc) is 3.33. The molecule has 1 aliphatic rings. The number of hydrogen-bond donors (Lipinski definition) is 1. The fourth-order valence-electron chi connectivity index (χ4n) is 3.41. The first-order valence-electron chi connectivity index (χ1n) is 9.64. The molecule has 2 aromatic carbocycles. The van der Waals surface area contributed by atoms with Crippen molar-refractivity contribution in [2.75, 3.05) is 7.11 Å². The van der Waals surface area contributed by atoms with Crippen LogP contribution in [0.3, 0.4) is 0 Å². The summed E-state index contributed by atoms with van der Waals surface area (Å²) in [7, 11) is 1.31. The first kappa shape index (κ1) is 20.2. The van der Waals surface area contributed by atoms with Gasteiger partial charge in [0.05, 0.1) is 19.2 Å². The Hall–Kier alpha value is -4.13. The largest absolute Gasteiger partial charge is 0.465 e. The van der Waals surface area contributed by atoms with Gasteiger partial charge in [-0.1, -0.05) is 48.0 Å². The molecule has 0 unspecified atom stereocenters. The fraction of sp³-hybridized carbons (Fsp3) is 0.125. The van der Waals surface area contributed by atoms with Gasteiger partial charge in [0.15, 0.2) is 0 Å². The van der Waals surface area contributed by atoms with Crippen molar-refractivity contribution in [1.82, 2.24) is 10.2 Å². The van der Waals surface area contributed by atoms with Gasteiger partial charge in [-0.25, -0.2) is 9.59 Å². The third-order valence-electron chi connectivity index (χ3n) is 4.90. The standard InChI is InChI=1S/C24H20N2O5/c1-15-6-5-7-16(12-15)14-26-22(27)20(25-24(26)29)13-17-10-11-21(31-17)18-8-3-4-9-19(18)23(28)30-2/h3-13H,14H2,1-2H3,(H,25,29)/b20-13+. The summed E-state index contributed by atoms with van der Waals surface area (Å²) in [4.78, 5) is 38.2. The van der Waals surface area contributed by atoms with Gasteiger partial charge in [-0.15, -0.1) is 0 Å². The Morgan fingerprint density at radius 2 is 1.90 bits per heavy atom. The van der Waals surface area contributed by atoms with Crippen LogP contribution in [-0.2, 0) is 16.1 Å². The zero-order chi connectivity index (χ0) is 22.0. The van der Waals surface area contributed by atoms with Crippen molar-refractivity contribution in [3.05, 3.63) is 88.8 Å². The Balaban J connectivity index is 1.57. The smallest absolute Gasteiger partial charge is 0.338 e. The highest BCUT2D eigenvalue weighted by Gasteiger charge is 2.33. The number of urea groups is 1. The molecule has 1 N–H and O–H groups in total. The van der Waals surface area contributed by atoms with Crippen LogP contribution >= 0.6 is 0 Å². The van der Waals surface area contributed by atoms with Gasteiger partial charge in [0, 0.05) is 11.6 Å². The van der Waals surface area contributed by atoms with E-state index >= 15 is 0 Å². The number of nitrogens with one attached hydrogen (secondary N) is 1. The lowest BCUT2D eigenvalue weighted by atomic mass is 10.1. The van der Waals surface area contributed by atoms with Crippen LogP contribution in [0.25, 0.3) is 17.4 Å². The molecule has 1 fully saturated rings. The summed E-state index contributed by atoms with van der Waals surface area (Å²) in [5.74, 6) is -0.0895. The highest BCUT2D eigenvalue weighted by atomic mass is 16.5. The number of benzene rings is 2. The summed E-state index contributed by atoms with van der Waals surface area (Å²) in [5, 5.41) is 2.59. The number of carbonyl (C=O) groups is 3. The minimum absolute atomic E-state index is 0.125. The Morgan fingerprint density at radius 1 is 1.10 bits per heavy atom. The van der Waals surface area contributed by atoms with Gasteiger partial charge in [-0.3, -0.25) is 9.69 Å². The number of hydrogen-bond acceptors (Lipinski definition) is 5. The summed E-state index contributed by atoms with van der Waals surface area (Å²) >= 11 is 0. The molecule has 7 nitrogen and oxygen atoms in total. The lowest BCUT2D eigenvalue weighted by Gasteiger charge is -2.12. The summed E-state index contributed by atoms with van der Waals surface area (Å²) in [6, 6.07) is 17.4. The number of imide groups is 1. The minimum atomic E-state index is -0.486. The highest BCUT2D eigenvalue weighted by molar-refractivity contribution is 6.13. The fourth-order valence-corrected chi connectivity index (χ4v) is 3.41. The van der Waals surface area contributed by atoms with Gasteiger partial charge in [-0.2, -0.15) is 0 Å². The maximum atomic E-state index is 12.7. The van der Waals surface area contributed by atoms with E-state index in [1.54, 1.807) is 36.4 Å². The first-order chi connectivity index (χ1) is 15.0. The van der Waals surface area contributed by atoms with E-state index in [-0.39, 0.29) is 12.2 Å². The van der Waals surface area contributed by atoms with Crippen molar-refractivity contribution in [3.8, 4) is 11.3 Å². The van der Waals surface area contributed by atoms with Crippen LogP contribution in [-0.4, -0.2) is 29.9 Å². The average molecular weight is 416 g/mol. The van der Waals surface area contributed by atoms with E-state index in [9.17, 15) is 14.4 Å². The number of rotatable bonds is 5. The lowest BCUT2D eigenvalue weighted by molar-refractivity contribution is -0.123. The second-order valence-corrected chi connectivity index (χ2v) is 7.11. The van der Waals surface area contributed by atoms with Crippen LogP contribution in [0.1, 0.15) is 27.2 Å². The van der Waals surface area contributed by atoms with Crippen LogP contribution in [0.15, 0.2) is 70.8 Å². The molecule has 4 rings (SSSR count). The van der Waals surface area contributed by atoms with Crippen molar-refractivity contribution >= 4 is 24.0 Å². The maximum absolute atomic E-state index is 12.7. The van der Waals surface area contributed by atoms with Crippen molar-refractivity contribution in [3.63, 3.8) is 0 Å². The number of furan rings is 1. The molecule has 3 aromatic rings. The van der Waals surface area contributed by atoms with Crippen LogP contribution in [0.2, 0.25) is 0 Å². The lowest BCUT2D eigenvalue weighted by Crippen LogP contribution is -2.30. The molecule has 2 heterocycles. The molecule has 1 saturated heterocycles. The molecule has 0 atom stereocenters. The number of amides is 3. The summed E-state index contributed by atoms with van der Waals surface area (Å²) < 4.78 is 10.6.